The van der Waals surface area contributed by atoms with E-state index in [0.717, 1.165) is 12.1 Å². The Labute approximate surface area is 164 Å². The number of para-hydroxylation sites is 2. The molecule has 1 amide bonds. The molecule has 1 N–H and O–H groups in total. The third-order valence-corrected chi connectivity index (χ3v) is 4.21. The van der Waals surface area contributed by atoms with Crippen LogP contribution in [-0.2, 0) is 15.7 Å². The number of benzene rings is 2. The third kappa shape index (κ3) is 4.53. The van der Waals surface area contributed by atoms with E-state index in [0.29, 0.717) is 16.6 Å². The number of halogens is 3. The number of nitrogens with one attached hydrogen (secondary N) is 1. The number of aryl methyl sites for hydroxylation is 1. The number of hydrogen-bond acceptors (Lipinski definition) is 4. The van der Waals surface area contributed by atoms with Crippen LogP contribution >= 0.6 is 0 Å². The van der Waals surface area contributed by atoms with Crippen molar-refractivity contribution >= 4 is 28.5 Å². The van der Waals surface area contributed by atoms with Gasteiger partial charge in [-0.15, -0.1) is 0 Å². The van der Waals surface area contributed by atoms with Gasteiger partial charge in [0.1, 0.15) is 0 Å². The quantitative estimate of drug-likeness (QED) is 0.640. The molecule has 3 aromatic rings. The molecule has 1 atom stereocenters. The number of carbonyl (C=O) groups excluding carboxylic acids is 2. The SMILES string of the molecule is Cc1cc(C(=O)O[C@@H](C)C(=O)Nc2ccccc2C(F)(F)F)c2ccccc2n1. The number of esters is 1. The van der Waals surface area contributed by atoms with Gasteiger partial charge in [0.15, 0.2) is 6.10 Å². The largest absolute Gasteiger partial charge is 0.449 e. The monoisotopic (exact) mass is 402 g/mol. The molecule has 5 nitrogen and oxygen atoms in total. The first-order chi connectivity index (χ1) is 13.7. The lowest BCUT2D eigenvalue weighted by atomic mass is 10.1. The topological polar surface area (TPSA) is 68.3 Å². The molecule has 8 heteroatoms. The van der Waals surface area contributed by atoms with Crippen LogP contribution in [0.15, 0.2) is 54.6 Å². The second-order valence-electron chi connectivity index (χ2n) is 6.41. The summed E-state index contributed by atoms with van der Waals surface area (Å²) in [5.74, 6) is -1.64. The van der Waals surface area contributed by atoms with Crippen molar-refractivity contribution < 1.29 is 27.5 Å². The van der Waals surface area contributed by atoms with Crippen molar-refractivity contribution in [2.45, 2.75) is 26.1 Å². The predicted molar refractivity (Wildman–Crippen MR) is 101 cm³/mol. The summed E-state index contributed by atoms with van der Waals surface area (Å²) in [4.78, 5) is 29.2. The number of hydrogen-bond donors (Lipinski definition) is 1. The molecule has 0 spiro atoms. The molecule has 0 unspecified atom stereocenters. The molecule has 29 heavy (non-hydrogen) atoms. The average Bonchev–Trinajstić information content (AvgIpc) is 2.66. The van der Waals surface area contributed by atoms with E-state index in [1.807, 2.05) is 0 Å². The smallest absolute Gasteiger partial charge is 0.418 e. The zero-order valence-electron chi connectivity index (χ0n) is 15.6. The maximum Gasteiger partial charge on any atom is 0.418 e. The minimum Gasteiger partial charge on any atom is -0.449 e. The Kier molecular flexibility index (Phi) is 5.54. The minimum atomic E-state index is -4.63. The molecule has 150 valence electrons. The lowest BCUT2D eigenvalue weighted by Gasteiger charge is -2.17. The number of ether oxygens (including phenoxy) is 1. The number of nitrogens with zero attached hydrogens (tertiary/aromatic N) is 1. The zero-order valence-corrected chi connectivity index (χ0v) is 15.6. The van der Waals surface area contributed by atoms with Crippen molar-refractivity contribution in [3.8, 4) is 0 Å². The summed E-state index contributed by atoms with van der Waals surface area (Å²) in [6.45, 7) is 3.01. The molecule has 0 aliphatic carbocycles. The minimum absolute atomic E-state index is 0.225. The molecular formula is C21H17F3N2O3. The number of fused-ring (bicyclic) bond motifs is 1. The summed E-state index contributed by atoms with van der Waals surface area (Å²) < 4.78 is 44.4. The number of rotatable bonds is 4. The van der Waals surface area contributed by atoms with Crippen molar-refractivity contribution in [3.63, 3.8) is 0 Å². The summed E-state index contributed by atoms with van der Waals surface area (Å²) in [5.41, 5.74) is 0.0201. The van der Waals surface area contributed by atoms with Gasteiger partial charge in [-0.3, -0.25) is 9.78 Å². The van der Waals surface area contributed by atoms with E-state index in [-0.39, 0.29) is 5.56 Å². The number of carbonyl (C=O) groups is 2. The van der Waals surface area contributed by atoms with Gasteiger partial charge in [-0.05, 0) is 38.1 Å². The van der Waals surface area contributed by atoms with Crippen LogP contribution in [0.25, 0.3) is 10.9 Å². The van der Waals surface area contributed by atoms with Crippen molar-refractivity contribution in [1.29, 1.82) is 0 Å². The molecular weight excluding hydrogens is 385 g/mol. The second kappa shape index (κ2) is 7.90. The first-order valence-corrected chi connectivity index (χ1v) is 8.71. The lowest BCUT2D eigenvalue weighted by Crippen LogP contribution is -2.31. The molecule has 0 fully saturated rings. The van der Waals surface area contributed by atoms with Gasteiger partial charge < -0.3 is 10.1 Å². The fourth-order valence-corrected chi connectivity index (χ4v) is 2.83. The van der Waals surface area contributed by atoms with Crippen LogP contribution in [0, 0.1) is 6.92 Å². The van der Waals surface area contributed by atoms with Gasteiger partial charge >= 0.3 is 12.1 Å². The van der Waals surface area contributed by atoms with Gasteiger partial charge in [-0.2, -0.15) is 13.2 Å². The molecule has 2 aromatic carbocycles. The number of anilines is 1. The van der Waals surface area contributed by atoms with Crippen molar-refractivity contribution in [2.24, 2.45) is 0 Å². The molecule has 0 saturated carbocycles. The average molecular weight is 402 g/mol. The Balaban J connectivity index is 1.79. The first-order valence-electron chi connectivity index (χ1n) is 8.71. The van der Waals surface area contributed by atoms with E-state index >= 15 is 0 Å². The van der Waals surface area contributed by atoms with Crippen LogP contribution in [0.5, 0.6) is 0 Å². The summed E-state index contributed by atoms with van der Waals surface area (Å²) in [6, 6.07) is 13.1. The third-order valence-electron chi connectivity index (χ3n) is 4.21. The zero-order chi connectivity index (χ0) is 21.2. The van der Waals surface area contributed by atoms with Crippen molar-refractivity contribution in [1.82, 2.24) is 4.98 Å². The molecule has 1 aromatic heterocycles. The fourth-order valence-electron chi connectivity index (χ4n) is 2.83. The summed E-state index contributed by atoms with van der Waals surface area (Å²) in [5, 5.41) is 2.73. The maximum absolute atomic E-state index is 13.1. The van der Waals surface area contributed by atoms with Crippen molar-refractivity contribution in [3.05, 3.63) is 71.4 Å². The van der Waals surface area contributed by atoms with Gasteiger partial charge in [-0.1, -0.05) is 30.3 Å². The Hall–Kier alpha value is -3.42. The molecule has 0 aliphatic heterocycles. The predicted octanol–water partition coefficient (Wildman–Crippen LogP) is 4.75. The van der Waals surface area contributed by atoms with Crippen LogP contribution in [-0.4, -0.2) is 23.0 Å². The van der Waals surface area contributed by atoms with Crippen LogP contribution in [0.4, 0.5) is 18.9 Å². The Morgan fingerprint density at radius 2 is 1.72 bits per heavy atom. The van der Waals surface area contributed by atoms with Gasteiger partial charge in [0.25, 0.3) is 5.91 Å². The van der Waals surface area contributed by atoms with Crippen LogP contribution < -0.4 is 5.32 Å². The molecule has 0 aliphatic rings. The lowest BCUT2D eigenvalue weighted by molar-refractivity contribution is -0.137. The number of alkyl halides is 3. The Morgan fingerprint density at radius 3 is 2.45 bits per heavy atom. The number of pyridine rings is 1. The number of aromatic nitrogens is 1. The highest BCUT2D eigenvalue weighted by Crippen LogP contribution is 2.34. The van der Waals surface area contributed by atoms with Crippen LogP contribution in [0.1, 0.15) is 28.5 Å². The summed E-state index contributed by atoms with van der Waals surface area (Å²) in [6.07, 6.45) is -5.94. The highest BCUT2D eigenvalue weighted by atomic mass is 19.4. The maximum atomic E-state index is 13.1. The highest BCUT2D eigenvalue weighted by molar-refractivity contribution is 6.05. The van der Waals surface area contributed by atoms with Gasteiger partial charge in [0.2, 0.25) is 0 Å². The molecule has 3 rings (SSSR count). The first kappa shape index (κ1) is 20.3. The Bertz CT molecular complexity index is 1080. The normalized spacial score (nSPS) is 12.4. The summed E-state index contributed by atoms with van der Waals surface area (Å²) >= 11 is 0. The standard InChI is InChI=1S/C21H17F3N2O3/c1-12-11-15(14-7-3-5-9-17(14)25-12)20(28)29-13(2)19(27)26-18-10-6-4-8-16(18)21(22,23)24/h3-11,13H,1-2H3,(H,26,27)/t13-/m0/s1. The van der Waals surface area contributed by atoms with E-state index in [4.69, 9.17) is 4.74 Å². The van der Waals surface area contributed by atoms with E-state index in [1.165, 1.54) is 25.1 Å². The van der Waals surface area contributed by atoms with E-state index in [2.05, 4.69) is 10.3 Å². The van der Waals surface area contributed by atoms with Crippen LogP contribution in [0.2, 0.25) is 0 Å². The van der Waals surface area contributed by atoms with E-state index in [1.54, 1.807) is 31.2 Å². The Morgan fingerprint density at radius 1 is 1.07 bits per heavy atom. The fraction of sp³-hybridized carbons (Fsp3) is 0.190. The molecule has 0 radical (unpaired) electrons. The van der Waals surface area contributed by atoms with Crippen molar-refractivity contribution in [2.75, 3.05) is 5.32 Å². The molecule has 0 bridgehead atoms. The summed E-state index contributed by atoms with van der Waals surface area (Å²) in [7, 11) is 0. The molecule has 0 saturated heterocycles. The van der Waals surface area contributed by atoms with E-state index < -0.39 is 35.4 Å². The van der Waals surface area contributed by atoms with Crippen LogP contribution in [0.3, 0.4) is 0 Å². The van der Waals surface area contributed by atoms with E-state index in [9.17, 15) is 22.8 Å². The highest BCUT2D eigenvalue weighted by Gasteiger charge is 2.34. The number of amides is 1. The van der Waals surface area contributed by atoms with Gasteiger partial charge in [-0.25, -0.2) is 4.79 Å². The van der Waals surface area contributed by atoms with Gasteiger partial charge in [0, 0.05) is 11.1 Å². The molecule has 1 heterocycles. The second-order valence-corrected chi connectivity index (χ2v) is 6.41. The van der Waals surface area contributed by atoms with Gasteiger partial charge in [0.05, 0.1) is 22.3 Å².